The van der Waals surface area contributed by atoms with Gasteiger partial charge in [-0.2, -0.15) is 5.10 Å². The summed E-state index contributed by atoms with van der Waals surface area (Å²) in [6.07, 6.45) is 0.911. The Labute approximate surface area is 132 Å². The smallest absolute Gasteiger partial charge is 0.0900 e. The van der Waals surface area contributed by atoms with Crippen molar-refractivity contribution < 1.29 is 0 Å². The number of aromatic nitrogens is 3. The van der Waals surface area contributed by atoms with Gasteiger partial charge >= 0.3 is 0 Å². The van der Waals surface area contributed by atoms with Gasteiger partial charge in [-0.15, -0.1) is 11.3 Å². The van der Waals surface area contributed by atoms with E-state index in [0.717, 1.165) is 33.8 Å². The fraction of sp³-hybridized carbons (Fsp3) is 0.571. The highest BCUT2D eigenvalue weighted by Crippen LogP contribution is 2.30. The lowest BCUT2D eigenvalue weighted by molar-refractivity contribution is 0.532. The van der Waals surface area contributed by atoms with Crippen LogP contribution in [-0.2, 0) is 13.5 Å². The van der Waals surface area contributed by atoms with Gasteiger partial charge in [0.05, 0.1) is 26.6 Å². The van der Waals surface area contributed by atoms with Crippen LogP contribution in [0.1, 0.15) is 39.9 Å². The molecule has 0 amide bonds. The van der Waals surface area contributed by atoms with Crippen LogP contribution in [0, 0.1) is 20.8 Å². The predicted molar refractivity (Wildman–Crippen MR) is 87.4 cm³/mol. The van der Waals surface area contributed by atoms with Gasteiger partial charge in [0, 0.05) is 24.4 Å². The highest BCUT2D eigenvalue weighted by Gasteiger charge is 2.21. The molecule has 0 spiro atoms. The molecule has 1 N–H and O–H groups in total. The Kier molecular flexibility index (Phi) is 4.99. The minimum Gasteiger partial charge on any atom is -0.309 e. The molecule has 1 unspecified atom stereocenters. The van der Waals surface area contributed by atoms with E-state index in [1.165, 1.54) is 10.6 Å². The molecule has 0 aliphatic rings. The summed E-state index contributed by atoms with van der Waals surface area (Å²) < 4.78 is 3.08. The molecule has 110 valence electrons. The Morgan fingerprint density at radius 3 is 2.45 bits per heavy atom. The van der Waals surface area contributed by atoms with Gasteiger partial charge in [-0.3, -0.25) is 4.68 Å². The van der Waals surface area contributed by atoms with E-state index in [2.05, 4.69) is 52.1 Å². The monoisotopic (exact) mass is 356 g/mol. The summed E-state index contributed by atoms with van der Waals surface area (Å²) in [6, 6.07) is 0.289. The largest absolute Gasteiger partial charge is 0.309 e. The van der Waals surface area contributed by atoms with Crippen LogP contribution in [0.4, 0.5) is 0 Å². The van der Waals surface area contributed by atoms with Crippen LogP contribution in [0.5, 0.6) is 0 Å². The number of nitrogens with one attached hydrogen (secondary N) is 1. The van der Waals surface area contributed by atoms with Crippen molar-refractivity contribution >= 4 is 27.3 Å². The number of likely N-dealkylation sites (N-methyl/N-ethyl adjacent to an activating group) is 1. The van der Waals surface area contributed by atoms with E-state index in [0.29, 0.717) is 0 Å². The molecule has 0 bridgehead atoms. The first-order valence-electron chi connectivity index (χ1n) is 6.79. The molecule has 1 atom stereocenters. The molecule has 2 aromatic heterocycles. The van der Waals surface area contributed by atoms with Gasteiger partial charge in [0.25, 0.3) is 0 Å². The summed E-state index contributed by atoms with van der Waals surface area (Å²) in [7, 11) is 2.00. The van der Waals surface area contributed by atoms with Gasteiger partial charge in [-0.25, -0.2) is 4.98 Å². The number of halogens is 1. The average molecular weight is 357 g/mol. The standard InChI is InChI=1S/C14H21BrN4S/c1-6-16-11(14-9(3)17-10(4)20-14)7-12-13(15)8(2)18-19(12)5/h11,16H,6-7H2,1-5H3. The Balaban J connectivity index is 2.32. The Morgan fingerprint density at radius 2 is 2.00 bits per heavy atom. The fourth-order valence-corrected chi connectivity index (χ4v) is 3.97. The van der Waals surface area contributed by atoms with Crippen LogP contribution in [0.25, 0.3) is 0 Å². The van der Waals surface area contributed by atoms with E-state index in [-0.39, 0.29) is 6.04 Å². The second-order valence-corrected chi connectivity index (χ2v) is 6.99. The lowest BCUT2D eigenvalue weighted by atomic mass is 10.1. The van der Waals surface area contributed by atoms with Gasteiger partial charge in [0.2, 0.25) is 0 Å². The molecule has 2 heterocycles. The fourth-order valence-electron chi connectivity index (χ4n) is 2.47. The van der Waals surface area contributed by atoms with Crippen molar-refractivity contribution in [3.8, 4) is 0 Å². The number of nitrogens with zero attached hydrogens (tertiary/aromatic N) is 3. The topological polar surface area (TPSA) is 42.7 Å². The van der Waals surface area contributed by atoms with Gasteiger partial charge in [0.15, 0.2) is 0 Å². The van der Waals surface area contributed by atoms with Gasteiger partial charge in [-0.05, 0) is 43.2 Å². The molecular weight excluding hydrogens is 336 g/mol. The minimum atomic E-state index is 0.289. The zero-order valence-electron chi connectivity index (χ0n) is 12.6. The van der Waals surface area contributed by atoms with E-state index in [4.69, 9.17) is 0 Å². The molecule has 0 fully saturated rings. The summed E-state index contributed by atoms with van der Waals surface area (Å²) in [4.78, 5) is 5.88. The molecule has 20 heavy (non-hydrogen) atoms. The lowest BCUT2D eigenvalue weighted by Gasteiger charge is -2.17. The van der Waals surface area contributed by atoms with Crippen LogP contribution < -0.4 is 5.32 Å². The van der Waals surface area contributed by atoms with Crippen molar-refractivity contribution in [1.29, 1.82) is 0 Å². The first-order valence-corrected chi connectivity index (χ1v) is 8.40. The highest BCUT2D eigenvalue weighted by atomic mass is 79.9. The molecule has 0 aliphatic heterocycles. The number of aryl methyl sites for hydroxylation is 4. The summed E-state index contributed by atoms with van der Waals surface area (Å²) in [5.74, 6) is 0. The van der Waals surface area contributed by atoms with E-state index in [1.54, 1.807) is 11.3 Å². The number of hydrogen-bond donors (Lipinski definition) is 1. The maximum Gasteiger partial charge on any atom is 0.0900 e. The predicted octanol–water partition coefficient (Wildman–Crippen LogP) is 3.46. The highest BCUT2D eigenvalue weighted by molar-refractivity contribution is 9.10. The van der Waals surface area contributed by atoms with Crippen molar-refractivity contribution in [2.45, 2.75) is 40.2 Å². The molecule has 0 radical (unpaired) electrons. The van der Waals surface area contributed by atoms with Gasteiger partial charge in [0.1, 0.15) is 0 Å². The SMILES string of the molecule is CCNC(Cc1c(Br)c(C)nn1C)c1sc(C)nc1C. The number of thiazole rings is 1. The summed E-state index contributed by atoms with van der Waals surface area (Å²) in [5, 5.41) is 9.17. The number of hydrogen-bond acceptors (Lipinski definition) is 4. The molecule has 6 heteroatoms. The normalized spacial score (nSPS) is 12.9. The Morgan fingerprint density at radius 1 is 1.30 bits per heavy atom. The maximum atomic E-state index is 4.55. The average Bonchev–Trinajstić information content (AvgIpc) is 2.82. The number of rotatable bonds is 5. The van der Waals surface area contributed by atoms with Crippen molar-refractivity contribution in [2.24, 2.45) is 7.05 Å². The van der Waals surface area contributed by atoms with Crippen LogP contribution in [-0.4, -0.2) is 21.3 Å². The first-order chi connectivity index (χ1) is 9.43. The van der Waals surface area contributed by atoms with E-state index < -0.39 is 0 Å². The van der Waals surface area contributed by atoms with E-state index >= 15 is 0 Å². The van der Waals surface area contributed by atoms with Gasteiger partial charge in [-0.1, -0.05) is 6.92 Å². The Hall–Kier alpha value is -0.720. The molecule has 0 aromatic carbocycles. The van der Waals surface area contributed by atoms with Crippen LogP contribution in [0.15, 0.2) is 4.47 Å². The Bertz CT molecular complexity index is 603. The van der Waals surface area contributed by atoms with Crippen molar-refractivity contribution in [3.63, 3.8) is 0 Å². The third-order valence-corrected chi connectivity index (χ3v) is 5.58. The van der Waals surface area contributed by atoms with Crippen LogP contribution in [0.3, 0.4) is 0 Å². The molecule has 0 saturated heterocycles. The first kappa shape index (κ1) is 15.7. The second kappa shape index (κ2) is 6.37. The summed E-state index contributed by atoms with van der Waals surface area (Å²) >= 11 is 5.44. The molecule has 0 aliphatic carbocycles. The zero-order valence-corrected chi connectivity index (χ0v) is 15.0. The zero-order chi connectivity index (χ0) is 14.9. The maximum absolute atomic E-state index is 4.55. The third kappa shape index (κ3) is 3.13. The summed E-state index contributed by atoms with van der Waals surface area (Å²) in [6.45, 7) is 9.26. The quantitative estimate of drug-likeness (QED) is 0.891. The van der Waals surface area contributed by atoms with Crippen LogP contribution in [0.2, 0.25) is 0 Å². The van der Waals surface area contributed by atoms with E-state index in [1.807, 2.05) is 18.7 Å². The molecule has 2 rings (SSSR count). The summed E-state index contributed by atoms with van der Waals surface area (Å²) in [5.41, 5.74) is 3.39. The third-order valence-electron chi connectivity index (χ3n) is 3.37. The van der Waals surface area contributed by atoms with Crippen molar-refractivity contribution in [3.05, 3.63) is 31.4 Å². The van der Waals surface area contributed by atoms with Gasteiger partial charge < -0.3 is 5.32 Å². The van der Waals surface area contributed by atoms with Crippen LogP contribution >= 0.6 is 27.3 Å². The second-order valence-electron chi connectivity index (χ2n) is 4.97. The lowest BCUT2D eigenvalue weighted by Crippen LogP contribution is -2.24. The van der Waals surface area contributed by atoms with Crippen molar-refractivity contribution in [2.75, 3.05) is 6.54 Å². The minimum absolute atomic E-state index is 0.289. The molecule has 2 aromatic rings. The molecule has 4 nitrogen and oxygen atoms in total. The van der Waals surface area contributed by atoms with Crippen molar-refractivity contribution in [1.82, 2.24) is 20.1 Å². The molecular formula is C14H21BrN4S. The van der Waals surface area contributed by atoms with E-state index in [9.17, 15) is 0 Å². The molecule has 0 saturated carbocycles.